The number of aliphatic hydroxyl groups is 1. The molecule has 0 spiro atoms. The molecule has 0 saturated carbocycles. The molecule has 0 aliphatic carbocycles. The van der Waals surface area contributed by atoms with E-state index in [-0.39, 0.29) is 30.8 Å². The summed E-state index contributed by atoms with van der Waals surface area (Å²) in [6, 6.07) is 2.40. The van der Waals surface area contributed by atoms with Crippen molar-refractivity contribution in [3.8, 4) is 0 Å². The highest BCUT2D eigenvalue weighted by atomic mass is 32.2. The maximum atomic E-state index is 13.9. The Morgan fingerprint density at radius 3 is 2.67 bits per heavy atom. The van der Waals surface area contributed by atoms with Gasteiger partial charge >= 0.3 is 0 Å². The van der Waals surface area contributed by atoms with E-state index < -0.39 is 26.3 Å². The first kappa shape index (κ1) is 17.8. The number of nitrogens with two attached hydrogens (primary N) is 1. The second-order valence-electron chi connectivity index (χ2n) is 5.21. The number of hydrogen-bond acceptors (Lipinski definition) is 5. The molecule has 0 heterocycles. The van der Waals surface area contributed by atoms with Gasteiger partial charge in [0.15, 0.2) is 0 Å². The Bertz CT molecular complexity index is 602. The number of benzene rings is 1. The van der Waals surface area contributed by atoms with E-state index in [1.165, 1.54) is 27.0 Å². The molecule has 8 heteroatoms. The largest absolute Gasteiger partial charge is 0.399 e. The summed E-state index contributed by atoms with van der Waals surface area (Å²) in [5.41, 5.74) is 4.54. The predicted molar refractivity (Wildman–Crippen MR) is 77.9 cm³/mol. The molecule has 0 aliphatic heterocycles. The third-order valence-electron chi connectivity index (χ3n) is 3.02. The zero-order valence-electron chi connectivity index (χ0n) is 12.3. The summed E-state index contributed by atoms with van der Waals surface area (Å²) in [5, 5.41) is 10.0. The number of sulfonamides is 1. The van der Waals surface area contributed by atoms with Crippen LogP contribution < -0.4 is 10.5 Å². The Labute approximate surface area is 124 Å². The van der Waals surface area contributed by atoms with Crippen molar-refractivity contribution in [3.63, 3.8) is 0 Å². The van der Waals surface area contributed by atoms with Crippen LogP contribution in [0.25, 0.3) is 0 Å². The van der Waals surface area contributed by atoms with Gasteiger partial charge in [-0.15, -0.1) is 0 Å². The van der Waals surface area contributed by atoms with E-state index in [9.17, 15) is 17.9 Å². The molecule has 1 atom stereocenters. The van der Waals surface area contributed by atoms with E-state index in [0.29, 0.717) is 0 Å². The van der Waals surface area contributed by atoms with E-state index in [4.69, 9.17) is 10.5 Å². The van der Waals surface area contributed by atoms with Gasteiger partial charge in [-0.2, -0.15) is 0 Å². The zero-order valence-corrected chi connectivity index (χ0v) is 13.1. The van der Waals surface area contributed by atoms with Crippen molar-refractivity contribution in [2.24, 2.45) is 0 Å². The van der Waals surface area contributed by atoms with Gasteiger partial charge in [0, 0.05) is 32.4 Å². The minimum absolute atomic E-state index is 0.140. The van der Waals surface area contributed by atoms with Crippen LogP contribution in [0.15, 0.2) is 17.0 Å². The van der Waals surface area contributed by atoms with E-state index >= 15 is 0 Å². The summed E-state index contributed by atoms with van der Waals surface area (Å²) in [7, 11) is -2.62. The van der Waals surface area contributed by atoms with Crippen LogP contribution in [0.3, 0.4) is 0 Å². The van der Waals surface area contributed by atoms with Gasteiger partial charge in [-0.3, -0.25) is 0 Å². The maximum absolute atomic E-state index is 13.9. The van der Waals surface area contributed by atoms with Gasteiger partial charge in [-0.05, 0) is 31.5 Å². The monoisotopic (exact) mass is 320 g/mol. The van der Waals surface area contributed by atoms with Crippen molar-refractivity contribution in [1.29, 1.82) is 0 Å². The second kappa shape index (κ2) is 6.69. The van der Waals surface area contributed by atoms with Crippen LogP contribution in [0.2, 0.25) is 0 Å². The first-order valence-electron chi connectivity index (χ1n) is 6.36. The molecule has 1 aromatic rings. The van der Waals surface area contributed by atoms with Gasteiger partial charge in [0.1, 0.15) is 10.7 Å². The minimum atomic E-state index is -4.10. The lowest BCUT2D eigenvalue weighted by Gasteiger charge is -2.23. The number of rotatable bonds is 7. The highest BCUT2D eigenvalue weighted by Gasteiger charge is 2.26. The van der Waals surface area contributed by atoms with Crippen LogP contribution in [0.5, 0.6) is 0 Å². The highest BCUT2D eigenvalue weighted by Crippen LogP contribution is 2.22. The first-order valence-corrected chi connectivity index (χ1v) is 7.84. The summed E-state index contributed by atoms with van der Waals surface area (Å²) < 4.78 is 45.2. The molecular weight excluding hydrogens is 299 g/mol. The summed E-state index contributed by atoms with van der Waals surface area (Å²) >= 11 is 0. The molecule has 4 N–H and O–H groups in total. The normalized spacial score (nSPS) is 14.9. The molecule has 0 saturated heterocycles. The van der Waals surface area contributed by atoms with Crippen LogP contribution in [-0.2, 0) is 14.8 Å². The smallest absolute Gasteiger partial charge is 0.243 e. The second-order valence-corrected chi connectivity index (χ2v) is 6.95. The van der Waals surface area contributed by atoms with E-state index in [0.717, 1.165) is 6.07 Å². The van der Waals surface area contributed by atoms with Crippen molar-refractivity contribution in [2.75, 3.05) is 26.0 Å². The number of ether oxygens (including phenoxy) is 1. The van der Waals surface area contributed by atoms with Crippen LogP contribution in [0.1, 0.15) is 18.9 Å². The lowest BCUT2D eigenvalue weighted by molar-refractivity contribution is 0.0292. The Balaban J connectivity index is 2.93. The molecule has 0 aliphatic rings. The van der Waals surface area contributed by atoms with Crippen molar-refractivity contribution in [2.45, 2.75) is 30.8 Å². The Hall–Kier alpha value is -1.22. The molecule has 0 radical (unpaired) electrons. The number of halogens is 1. The minimum Gasteiger partial charge on any atom is -0.399 e. The van der Waals surface area contributed by atoms with Gasteiger partial charge in [0.25, 0.3) is 0 Å². The van der Waals surface area contributed by atoms with Crippen LogP contribution in [-0.4, -0.2) is 39.4 Å². The molecule has 0 aromatic heterocycles. The average Bonchev–Trinajstić information content (AvgIpc) is 2.38. The van der Waals surface area contributed by atoms with Crippen molar-refractivity contribution in [1.82, 2.24) is 4.72 Å². The molecule has 0 amide bonds. The third-order valence-corrected chi connectivity index (χ3v) is 4.42. The fourth-order valence-electron chi connectivity index (χ4n) is 1.70. The van der Waals surface area contributed by atoms with E-state index in [1.54, 1.807) is 0 Å². The molecule has 6 nitrogen and oxygen atoms in total. The molecule has 0 bridgehead atoms. The van der Waals surface area contributed by atoms with Crippen LogP contribution >= 0.6 is 0 Å². The van der Waals surface area contributed by atoms with Crippen molar-refractivity contribution < 1.29 is 22.7 Å². The summed E-state index contributed by atoms with van der Waals surface area (Å²) in [5.74, 6) is -0.853. The fraction of sp³-hybridized carbons (Fsp3) is 0.538. The number of anilines is 1. The third kappa shape index (κ3) is 4.92. The topological polar surface area (TPSA) is 102 Å². The van der Waals surface area contributed by atoms with Crippen molar-refractivity contribution in [3.05, 3.63) is 23.5 Å². The fourth-order valence-corrected chi connectivity index (χ4v) is 3.04. The number of nitrogens with one attached hydrogen (secondary N) is 1. The van der Waals surface area contributed by atoms with Crippen LogP contribution in [0, 0.1) is 12.7 Å². The predicted octanol–water partition coefficient (Wildman–Crippen LogP) is 0.782. The van der Waals surface area contributed by atoms with Gasteiger partial charge < -0.3 is 15.6 Å². The van der Waals surface area contributed by atoms with Crippen LogP contribution in [0.4, 0.5) is 10.1 Å². The molecule has 1 aromatic carbocycles. The van der Waals surface area contributed by atoms with Gasteiger partial charge in [0.05, 0.1) is 5.60 Å². The Morgan fingerprint density at radius 1 is 1.48 bits per heavy atom. The van der Waals surface area contributed by atoms with E-state index in [2.05, 4.69) is 4.72 Å². The number of nitrogen functional groups attached to an aromatic ring is 1. The van der Waals surface area contributed by atoms with Gasteiger partial charge in [0.2, 0.25) is 10.0 Å². The van der Waals surface area contributed by atoms with E-state index in [1.807, 2.05) is 0 Å². The molecule has 1 unspecified atom stereocenters. The first-order chi connectivity index (χ1) is 9.59. The maximum Gasteiger partial charge on any atom is 0.243 e. The number of aryl methyl sites for hydroxylation is 1. The summed E-state index contributed by atoms with van der Waals surface area (Å²) in [6.45, 7) is 2.92. The number of hydrogen-bond donors (Lipinski definition) is 3. The Morgan fingerprint density at radius 2 is 2.10 bits per heavy atom. The molecular formula is C13H21FN2O4S. The molecule has 1 rings (SSSR count). The zero-order chi connectivity index (χ0) is 16.3. The Kier molecular flexibility index (Phi) is 5.68. The summed E-state index contributed by atoms with van der Waals surface area (Å²) in [4.78, 5) is -0.525. The van der Waals surface area contributed by atoms with Gasteiger partial charge in [-0.1, -0.05) is 0 Å². The van der Waals surface area contributed by atoms with Crippen molar-refractivity contribution >= 4 is 15.7 Å². The average molecular weight is 320 g/mol. The highest BCUT2D eigenvalue weighted by molar-refractivity contribution is 7.89. The molecule has 120 valence electrons. The SMILES string of the molecule is COCCC(C)(O)CNS(=O)(=O)c1cc(N)cc(C)c1F. The standard InChI is InChI=1S/C13H21FN2O4S/c1-9-6-10(15)7-11(12(9)14)21(18,19)16-8-13(2,17)4-5-20-3/h6-7,16-17H,4-5,8,15H2,1-3H3. The lowest BCUT2D eigenvalue weighted by Crippen LogP contribution is -2.41. The number of methoxy groups -OCH3 is 1. The lowest BCUT2D eigenvalue weighted by atomic mass is 10.0. The van der Waals surface area contributed by atoms with Gasteiger partial charge in [-0.25, -0.2) is 17.5 Å². The summed E-state index contributed by atoms with van der Waals surface area (Å²) in [6.07, 6.45) is 0.241. The molecule has 21 heavy (non-hydrogen) atoms. The molecule has 0 fully saturated rings. The quantitative estimate of drug-likeness (QED) is 0.645.